The van der Waals surface area contributed by atoms with Crippen LogP contribution in [-0.4, -0.2) is 11.6 Å². The van der Waals surface area contributed by atoms with Crippen molar-refractivity contribution in [1.82, 2.24) is 4.98 Å². The minimum absolute atomic E-state index is 0.683. The molecule has 18 heavy (non-hydrogen) atoms. The smallest absolute Gasteiger partial charge is 0.128 e. The molecule has 2 aromatic rings. The molecule has 0 aliphatic heterocycles. The Balaban J connectivity index is 2.43. The minimum atomic E-state index is 0.683. The highest BCUT2D eigenvalue weighted by Gasteiger charge is 2.10. The molecule has 0 radical (unpaired) electrons. The summed E-state index contributed by atoms with van der Waals surface area (Å²) < 4.78 is 5.73. The zero-order valence-electron chi connectivity index (χ0n) is 10.8. The average molecular weight is 242 g/mol. The fourth-order valence-electron chi connectivity index (χ4n) is 1.82. The van der Waals surface area contributed by atoms with Crippen molar-refractivity contribution in [1.29, 1.82) is 0 Å². The zero-order chi connectivity index (χ0) is 13.0. The maximum atomic E-state index is 6.03. The lowest BCUT2D eigenvalue weighted by Gasteiger charge is -2.12. The van der Waals surface area contributed by atoms with Crippen LogP contribution < -0.4 is 10.5 Å². The number of hydrogen-bond donors (Lipinski definition) is 1. The molecule has 0 amide bonds. The summed E-state index contributed by atoms with van der Waals surface area (Å²) in [5.74, 6) is 0.836. The Morgan fingerprint density at radius 1 is 1.28 bits per heavy atom. The lowest BCUT2D eigenvalue weighted by Crippen LogP contribution is -1.99. The number of ether oxygens (including phenoxy) is 1. The Morgan fingerprint density at radius 2 is 2.06 bits per heavy atom. The molecule has 94 valence electrons. The third kappa shape index (κ3) is 2.62. The molecule has 2 rings (SSSR count). The summed E-state index contributed by atoms with van der Waals surface area (Å²) in [6.07, 6.45) is 2.80. The maximum Gasteiger partial charge on any atom is 0.128 e. The number of rotatable bonds is 4. The minimum Gasteiger partial charge on any atom is -0.493 e. The van der Waals surface area contributed by atoms with Gasteiger partial charge in [0.15, 0.2) is 0 Å². The fourth-order valence-corrected chi connectivity index (χ4v) is 1.82. The van der Waals surface area contributed by atoms with Crippen molar-refractivity contribution in [3.05, 3.63) is 42.1 Å². The molecule has 0 bridgehead atoms. The summed E-state index contributed by atoms with van der Waals surface area (Å²) in [5, 5.41) is 0. The fraction of sp³-hybridized carbons (Fsp3) is 0.267. The van der Waals surface area contributed by atoms with Gasteiger partial charge in [-0.05, 0) is 37.1 Å². The van der Waals surface area contributed by atoms with Crippen LogP contribution in [0, 0.1) is 6.92 Å². The first kappa shape index (κ1) is 12.4. The third-order valence-electron chi connectivity index (χ3n) is 2.66. The summed E-state index contributed by atoms with van der Waals surface area (Å²) in [5.41, 5.74) is 9.51. The van der Waals surface area contributed by atoms with E-state index in [0.29, 0.717) is 12.3 Å². The first-order valence-electron chi connectivity index (χ1n) is 6.16. The van der Waals surface area contributed by atoms with Crippen LogP contribution in [-0.2, 0) is 0 Å². The number of benzene rings is 1. The van der Waals surface area contributed by atoms with E-state index in [9.17, 15) is 0 Å². The van der Waals surface area contributed by atoms with Crippen molar-refractivity contribution in [2.75, 3.05) is 12.3 Å². The highest BCUT2D eigenvalue weighted by Crippen LogP contribution is 2.32. The van der Waals surface area contributed by atoms with E-state index in [1.807, 2.05) is 43.5 Å². The van der Waals surface area contributed by atoms with Crippen molar-refractivity contribution < 1.29 is 4.74 Å². The van der Waals surface area contributed by atoms with Crippen LogP contribution in [0.25, 0.3) is 11.3 Å². The van der Waals surface area contributed by atoms with Crippen LogP contribution in [0.5, 0.6) is 5.75 Å². The summed E-state index contributed by atoms with van der Waals surface area (Å²) in [6.45, 7) is 4.76. The van der Waals surface area contributed by atoms with E-state index in [1.54, 1.807) is 0 Å². The van der Waals surface area contributed by atoms with Crippen LogP contribution in [0.15, 0.2) is 36.5 Å². The predicted molar refractivity (Wildman–Crippen MR) is 74.6 cm³/mol. The number of nitrogens with two attached hydrogens (primary N) is 1. The topological polar surface area (TPSA) is 48.1 Å². The highest BCUT2D eigenvalue weighted by molar-refractivity contribution is 5.77. The third-order valence-corrected chi connectivity index (χ3v) is 2.66. The van der Waals surface area contributed by atoms with E-state index in [0.717, 1.165) is 29.0 Å². The molecule has 3 nitrogen and oxygen atoms in total. The van der Waals surface area contributed by atoms with Gasteiger partial charge in [-0.2, -0.15) is 0 Å². The predicted octanol–water partition coefficient (Wildman–Crippen LogP) is 3.43. The number of nitrogen functional groups attached to an aromatic ring is 1. The zero-order valence-corrected chi connectivity index (χ0v) is 10.8. The SMILES string of the molecule is CCCOc1ccccc1-c1ncc(C)cc1N. The van der Waals surface area contributed by atoms with E-state index < -0.39 is 0 Å². The lowest BCUT2D eigenvalue weighted by molar-refractivity contribution is 0.318. The molecule has 0 saturated heterocycles. The number of pyridine rings is 1. The van der Waals surface area contributed by atoms with Crippen LogP contribution >= 0.6 is 0 Å². The Kier molecular flexibility index (Phi) is 3.82. The first-order chi connectivity index (χ1) is 8.72. The summed E-state index contributed by atoms with van der Waals surface area (Å²) in [6, 6.07) is 9.79. The molecular weight excluding hydrogens is 224 g/mol. The van der Waals surface area contributed by atoms with Gasteiger partial charge in [-0.3, -0.25) is 4.98 Å². The van der Waals surface area contributed by atoms with Crippen LogP contribution in [0.4, 0.5) is 5.69 Å². The molecular formula is C15H18N2O. The van der Waals surface area contributed by atoms with Gasteiger partial charge in [0, 0.05) is 11.8 Å². The van der Waals surface area contributed by atoms with Crippen molar-refractivity contribution in [2.24, 2.45) is 0 Å². The number of anilines is 1. The van der Waals surface area contributed by atoms with Gasteiger partial charge in [-0.25, -0.2) is 0 Å². The molecule has 1 heterocycles. The standard InChI is InChI=1S/C15H18N2O/c1-3-8-18-14-7-5-4-6-12(14)15-13(16)9-11(2)10-17-15/h4-7,9-10H,3,8,16H2,1-2H3. The van der Waals surface area contributed by atoms with E-state index in [4.69, 9.17) is 10.5 Å². The van der Waals surface area contributed by atoms with E-state index >= 15 is 0 Å². The van der Waals surface area contributed by atoms with Crippen molar-refractivity contribution >= 4 is 5.69 Å². The van der Waals surface area contributed by atoms with Crippen molar-refractivity contribution in [3.63, 3.8) is 0 Å². The molecule has 0 unspecified atom stereocenters. The molecule has 0 spiro atoms. The average Bonchev–Trinajstić information content (AvgIpc) is 2.37. The molecule has 0 fully saturated rings. The second-order valence-electron chi connectivity index (χ2n) is 4.30. The largest absolute Gasteiger partial charge is 0.493 e. The molecule has 3 heteroatoms. The Hall–Kier alpha value is -2.03. The molecule has 1 aromatic heterocycles. The second-order valence-corrected chi connectivity index (χ2v) is 4.30. The number of hydrogen-bond acceptors (Lipinski definition) is 3. The van der Waals surface area contributed by atoms with Crippen LogP contribution in [0.3, 0.4) is 0 Å². The van der Waals surface area contributed by atoms with Gasteiger partial charge in [0.25, 0.3) is 0 Å². The van der Waals surface area contributed by atoms with Crippen molar-refractivity contribution in [2.45, 2.75) is 20.3 Å². The van der Waals surface area contributed by atoms with E-state index in [1.165, 1.54) is 0 Å². The quantitative estimate of drug-likeness (QED) is 0.893. The maximum absolute atomic E-state index is 6.03. The number of aromatic nitrogens is 1. The van der Waals surface area contributed by atoms with Crippen LogP contribution in [0.2, 0.25) is 0 Å². The van der Waals surface area contributed by atoms with Gasteiger partial charge >= 0.3 is 0 Å². The highest BCUT2D eigenvalue weighted by atomic mass is 16.5. The summed E-state index contributed by atoms with van der Waals surface area (Å²) >= 11 is 0. The molecule has 0 aliphatic rings. The van der Waals surface area contributed by atoms with Gasteiger partial charge in [-0.1, -0.05) is 19.1 Å². The van der Waals surface area contributed by atoms with Gasteiger partial charge in [0.05, 0.1) is 18.0 Å². The molecule has 0 atom stereocenters. The number of nitrogens with zero attached hydrogens (tertiary/aromatic N) is 1. The van der Waals surface area contributed by atoms with E-state index in [2.05, 4.69) is 11.9 Å². The Bertz CT molecular complexity index is 538. The molecule has 0 aliphatic carbocycles. The Morgan fingerprint density at radius 3 is 2.78 bits per heavy atom. The first-order valence-corrected chi connectivity index (χ1v) is 6.16. The monoisotopic (exact) mass is 242 g/mol. The molecule has 0 saturated carbocycles. The number of para-hydroxylation sites is 1. The Labute approximate surface area is 108 Å². The van der Waals surface area contributed by atoms with Crippen LogP contribution in [0.1, 0.15) is 18.9 Å². The van der Waals surface area contributed by atoms with Gasteiger partial charge in [0.1, 0.15) is 5.75 Å². The van der Waals surface area contributed by atoms with E-state index in [-0.39, 0.29) is 0 Å². The normalized spacial score (nSPS) is 10.3. The van der Waals surface area contributed by atoms with Crippen molar-refractivity contribution in [3.8, 4) is 17.0 Å². The second kappa shape index (κ2) is 5.54. The van der Waals surface area contributed by atoms with Gasteiger partial charge in [-0.15, -0.1) is 0 Å². The lowest BCUT2D eigenvalue weighted by atomic mass is 10.1. The summed E-state index contributed by atoms with van der Waals surface area (Å²) in [7, 11) is 0. The summed E-state index contributed by atoms with van der Waals surface area (Å²) in [4.78, 5) is 4.41. The molecule has 1 aromatic carbocycles. The molecule has 2 N–H and O–H groups in total. The number of aryl methyl sites for hydroxylation is 1. The van der Waals surface area contributed by atoms with Gasteiger partial charge < -0.3 is 10.5 Å². The van der Waals surface area contributed by atoms with Gasteiger partial charge in [0.2, 0.25) is 0 Å².